The molecule has 0 aliphatic rings. The van der Waals surface area contributed by atoms with Gasteiger partial charge in [0.2, 0.25) is 0 Å². The molecule has 1 amide bonds. The van der Waals surface area contributed by atoms with Gasteiger partial charge in [0, 0.05) is 17.7 Å². The van der Waals surface area contributed by atoms with Gasteiger partial charge in [-0.05, 0) is 38.1 Å². The second kappa shape index (κ2) is 10.8. The van der Waals surface area contributed by atoms with Gasteiger partial charge in [0.05, 0.1) is 18.6 Å². The average molecular weight is 397 g/mol. The Balaban J connectivity index is 1.72. The Morgan fingerprint density at radius 3 is 2.07 bits per heavy atom. The molecule has 152 valence electrons. The normalized spacial score (nSPS) is 10.1. The van der Waals surface area contributed by atoms with Gasteiger partial charge in [-0.1, -0.05) is 29.8 Å². The van der Waals surface area contributed by atoms with Crippen molar-refractivity contribution < 1.29 is 28.7 Å². The lowest BCUT2D eigenvalue weighted by Crippen LogP contribution is -2.21. The van der Waals surface area contributed by atoms with Crippen LogP contribution < -0.4 is 5.32 Å². The Kier molecular flexibility index (Phi) is 8.09. The minimum absolute atomic E-state index is 0.0127. The summed E-state index contributed by atoms with van der Waals surface area (Å²) in [7, 11) is 0. The smallest absolute Gasteiger partial charge is 0.338 e. The predicted octanol–water partition coefficient (Wildman–Crippen LogP) is 3.32. The Morgan fingerprint density at radius 2 is 1.45 bits per heavy atom. The number of aryl methyl sites for hydroxylation is 1. The van der Waals surface area contributed by atoms with Crippen LogP contribution in [0.25, 0.3) is 0 Å². The van der Waals surface area contributed by atoms with E-state index < -0.39 is 24.5 Å². The Morgan fingerprint density at radius 1 is 0.828 bits per heavy atom. The van der Waals surface area contributed by atoms with Gasteiger partial charge in [-0.25, -0.2) is 4.79 Å². The van der Waals surface area contributed by atoms with Crippen molar-refractivity contribution in [1.82, 2.24) is 0 Å². The lowest BCUT2D eigenvalue weighted by Gasteiger charge is -2.07. The van der Waals surface area contributed by atoms with Crippen LogP contribution in [-0.2, 0) is 19.1 Å². The number of ether oxygens (including phenoxy) is 2. The van der Waals surface area contributed by atoms with Crippen LogP contribution in [0.4, 0.5) is 5.69 Å². The quantitative estimate of drug-likeness (QED) is 0.515. The van der Waals surface area contributed by atoms with E-state index in [9.17, 15) is 19.2 Å². The summed E-state index contributed by atoms with van der Waals surface area (Å²) in [4.78, 5) is 47.3. The highest BCUT2D eigenvalue weighted by Crippen LogP contribution is 2.11. The van der Waals surface area contributed by atoms with Crippen LogP contribution in [-0.4, -0.2) is 36.8 Å². The first-order valence-electron chi connectivity index (χ1n) is 9.21. The number of rotatable bonds is 9. The van der Waals surface area contributed by atoms with E-state index in [-0.39, 0.29) is 25.2 Å². The number of nitrogens with one attached hydrogen (secondary N) is 1. The Bertz CT molecular complexity index is 871. The highest BCUT2D eigenvalue weighted by molar-refractivity contribution is 5.98. The van der Waals surface area contributed by atoms with Gasteiger partial charge in [0.1, 0.15) is 0 Å². The lowest BCUT2D eigenvalue weighted by atomic mass is 10.1. The van der Waals surface area contributed by atoms with E-state index in [0.717, 1.165) is 5.56 Å². The van der Waals surface area contributed by atoms with Crippen molar-refractivity contribution in [2.24, 2.45) is 0 Å². The SMILES string of the molecule is CCOC(=O)c1ccc(NC(=O)COC(=O)CCC(=O)c2ccc(C)cc2)cc1. The molecular weight excluding hydrogens is 374 g/mol. The fourth-order valence-corrected chi connectivity index (χ4v) is 2.42. The van der Waals surface area contributed by atoms with Gasteiger partial charge in [-0.3, -0.25) is 14.4 Å². The number of hydrogen-bond donors (Lipinski definition) is 1. The number of carbonyl (C=O) groups is 4. The Labute approximate surface area is 169 Å². The number of esters is 2. The first-order chi connectivity index (χ1) is 13.9. The van der Waals surface area contributed by atoms with Crippen LogP contribution in [0.5, 0.6) is 0 Å². The van der Waals surface area contributed by atoms with E-state index in [4.69, 9.17) is 9.47 Å². The van der Waals surface area contributed by atoms with Gasteiger partial charge >= 0.3 is 11.9 Å². The molecule has 7 heteroatoms. The lowest BCUT2D eigenvalue weighted by molar-refractivity contribution is -0.147. The molecule has 0 aliphatic heterocycles. The van der Waals surface area contributed by atoms with Crippen LogP contribution in [0.1, 0.15) is 46.0 Å². The van der Waals surface area contributed by atoms with Gasteiger partial charge in [-0.15, -0.1) is 0 Å². The molecule has 2 aromatic carbocycles. The molecule has 0 aliphatic carbocycles. The third-order valence-corrected chi connectivity index (χ3v) is 3.97. The first-order valence-corrected chi connectivity index (χ1v) is 9.21. The zero-order valence-corrected chi connectivity index (χ0v) is 16.4. The fourth-order valence-electron chi connectivity index (χ4n) is 2.42. The van der Waals surface area contributed by atoms with Crippen molar-refractivity contribution in [3.63, 3.8) is 0 Å². The topological polar surface area (TPSA) is 98.8 Å². The average Bonchev–Trinajstić information content (AvgIpc) is 2.71. The summed E-state index contributed by atoms with van der Waals surface area (Å²) in [6, 6.07) is 13.2. The summed E-state index contributed by atoms with van der Waals surface area (Å²) in [6.45, 7) is 3.45. The molecule has 29 heavy (non-hydrogen) atoms. The standard InChI is InChI=1S/C22H23NO6/c1-3-28-22(27)17-8-10-18(11-9-17)23-20(25)14-29-21(26)13-12-19(24)16-6-4-15(2)5-7-16/h4-11H,3,12-14H2,1-2H3,(H,23,25). The molecule has 0 fully saturated rings. The van der Waals surface area contributed by atoms with E-state index in [1.807, 2.05) is 19.1 Å². The van der Waals surface area contributed by atoms with E-state index in [0.29, 0.717) is 16.8 Å². The molecule has 2 rings (SSSR count). The monoisotopic (exact) mass is 397 g/mol. The van der Waals surface area contributed by atoms with Crippen molar-refractivity contribution in [3.05, 3.63) is 65.2 Å². The summed E-state index contributed by atoms with van der Waals surface area (Å²) in [5.74, 6) is -1.75. The second-order valence-electron chi connectivity index (χ2n) is 6.30. The van der Waals surface area contributed by atoms with Crippen molar-refractivity contribution in [1.29, 1.82) is 0 Å². The molecule has 0 unspecified atom stereocenters. The molecule has 1 N–H and O–H groups in total. The van der Waals surface area contributed by atoms with Gasteiger partial charge < -0.3 is 14.8 Å². The number of anilines is 1. The summed E-state index contributed by atoms with van der Waals surface area (Å²) in [5.41, 5.74) is 2.40. The van der Waals surface area contributed by atoms with Gasteiger partial charge in [-0.2, -0.15) is 0 Å². The van der Waals surface area contributed by atoms with Gasteiger partial charge in [0.15, 0.2) is 12.4 Å². The van der Waals surface area contributed by atoms with Crippen molar-refractivity contribution in [3.8, 4) is 0 Å². The summed E-state index contributed by atoms with van der Waals surface area (Å²) < 4.78 is 9.78. The molecule has 0 saturated carbocycles. The number of Topliss-reactive ketones (excluding diaryl/α,β-unsaturated/α-hetero) is 1. The fraction of sp³-hybridized carbons (Fsp3) is 0.273. The Hall–Kier alpha value is -3.48. The van der Waals surface area contributed by atoms with Crippen LogP contribution in [0.2, 0.25) is 0 Å². The largest absolute Gasteiger partial charge is 0.462 e. The van der Waals surface area contributed by atoms with Crippen molar-refractivity contribution in [2.45, 2.75) is 26.7 Å². The second-order valence-corrected chi connectivity index (χ2v) is 6.30. The zero-order chi connectivity index (χ0) is 21.2. The van der Waals surface area contributed by atoms with Crippen LogP contribution in [0, 0.1) is 6.92 Å². The first kappa shape index (κ1) is 21.8. The van der Waals surface area contributed by atoms with Crippen molar-refractivity contribution in [2.75, 3.05) is 18.5 Å². The molecule has 0 heterocycles. The molecule has 0 atom stereocenters. The summed E-state index contributed by atoms with van der Waals surface area (Å²) in [5, 5.41) is 2.56. The molecule has 2 aromatic rings. The molecule has 7 nitrogen and oxygen atoms in total. The van der Waals surface area contributed by atoms with E-state index >= 15 is 0 Å². The number of carbonyl (C=O) groups excluding carboxylic acids is 4. The van der Waals surface area contributed by atoms with E-state index in [2.05, 4.69) is 5.32 Å². The van der Waals surface area contributed by atoms with Crippen LogP contribution in [0.3, 0.4) is 0 Å². The third-order valence-electron chi connectivity index (χ3n) is 3.97. The minimum Gasteiger partial charge on any atom is -0.462 e. The predicted molar refractivity (Wildman–Crippen MR) is 107 cm³/mol. The van der Waals surface area contributed by atoms with Gasteiger partial charge in [0.25, 0.3) is 5.91 Å². The molecular formula is C22H23NO6. The zero-order valence-electron chi connectivity index (χ0n) is 16.4. The summed E-state index contributed by atoms with van der Waals surface area (Å²) >= 11 is 0. The van der Waals surface area contributed by atoms with Crippen LogP contribution in [0.15, 0.2) is 48.5 Å². The number of hydrogen-bond acceptors (Lipinski definition) is 6. The molecule has 0 bridgehead atoms. The summed E-state index contributed by atoms with van der Waals surface area (Å²) in [6.07, 6.45) is -0.0902. The third kappa shape index (κ3) is 7.21. The maximum atomic E-state index is 12.0. The van der Waals surface area contributed by atoms with E-state index in [1.165, 1.54) is 12.1 Å². The molecule has 0 saturated heterocycles. The molecule has 0 aromatic heterocycles. The van der Waals surface area contributed by atoms with Crippen molar-refractivity contribution >= 4 is 29.3 Å². The highest BCUT2D eigenvalue weighted by atomic mass is 16.5. The maximum absolute atomic E-state index is 12.0. The number of amides is 1. The number of ketones is 1. The number of benzene rings is 2. The minimum atomic E-state index is -0.627. The maximum Gasteiger partial charge on any atom is 0.338 e. The van der Waals surface area contributed by atoms with Crippen LogP contribution >= 0.6 is 0 Å². The molecule has 0 spiro atoms. The highest BCUT2D eigenvalue weighted by Gasteiger charge is 2.12. The van der Waals surface area contributed by atoms with E-state index in [1.54, 1.807) is 31.2 Å². The molecule has 0 radical (unpaired) electrons.